The van der Waals surface area contributed by atoms with Gasteiger partial charge in [0.15, 0.2) is 5.75 Å². The van der Waals surface area contributed by atoms with Gasteiger partial charge in [0, 0.05) is 18.2 Å². The van der Waals surface area contributed by atoms with Gasteiger partial charge in [0.2, 0.25) is 10.0 Å². The summed E-state index contributed by atoms with van der Waals surface area (Å²) in [6.07, 6.45) is 0. The van der Waals surface area contributed by atoms with Crippen LogP contribution in [0.15, 0.2) is 114 Å². The summed E-state index contributed by atoms with van der Waals surface area (Å²) >= 11 is 0. The Labute approximate surface area is 212 Å². The third kappa shape index (κ3) is 6.00. The smallest absolute Gasteiger partial charge is 0.255 e. The Morgan fingerprint density at radius 2 is 1.39 bits per heavy atom. The number of ether oxygens (including phenoxy) is 1. The molecule has 7 heteroatoms. The van der Waals surface area contributed by atoms with Gasteiger partial charge < -0.3 is 10.1 Å². The molecule has 0 unspecified atom stereocenters. The van der Waals surface area contributed by atoms with Crippen molar-refractivity contribution in [3.8, 4) is 11.5 Å². The standard InChI is InChI=1S/C29H28N2O4S/c1-22(2)31(21-23-11-5-3-6-12-23)36(33,34)26-19-17-24(18-20-26)29(32)30-27-15-9-10-16-28(27)35-25-13-7-4-8-14-25/h3-20,22H,21H2,1-2H3,(H,30,32). The summed E-state index contributed by atoms with van der Waals surface area (Å²) in [4.78, 5) is 13.1. The molecule has 4 aromatic carbocycles. The van der Waals surface area contributed by atoms with Crippen molar-refractivity contribution in [3.63, 3.8) is 0 Å². The van der Waals surface area contributed by atoms with E-state index >= 15 is 0 Å². The number of benzene rings is 4. The van der Waals surface area contributed by atoms with Crippen molar-refractivity contribution in [2.45, 2.75) is 31.3 Å². The number of nitrogens with zero attached hydrogens (tertiary/aromatic N) is 1. The summed E-state index contributed by atoms with van der Waals surface area (Å²) in [5, 5.41) is 2.86. The van der Waals surface area contributed by atoms with Crippen LogP contribution in [-0.2, 0) is 16.6 Å². The van der Waals surface area contributed by atoms with Gasteiger partial charge in [-0.3, -0.25) is 4.79 Å². The highest BCUT2D eigenvalue weighted by atomic mass is 32.2. The highest BCUT2D eigenvalue weighted by molar-refractivity contribution is 7.89. The first-order valence-corrected chi connectivity index (χ1v) is 13.1. The van der Waals surface area contributed by atoms with Gasteiger partial charge in [-0.05, 0) is 67.9 Å². The minimum absolute atomic E-state index is 0.136. The Kier molecular flexibility index (Phi) is 7.83. The molecule has 36 heavy (non-hydrogen) atoms. The number of anilines is 1. The van der Waals surface area contributed by atoms with E-state index in [0.29, 0.717) is 22.7 Å². The van der Waals surface area contributed by atoms with Crippen LogP contribution in [0.5, 0.6) is 11.5 Å². The summed E-state index contributed by atoms with van der Waals surface area (Å²) < 4.78 is 34.1. The van der Waals surface area contributed by atoms with Crippen LogP contribution in [0, 0.1) is 0 Å². The minimum Gasteiger partial charge on any atom is -0.455 e. The molecular formula is C29H28N2O4S. The lowest BCUT2D eigenvalue weighted by molar-refractivity contribution is 0.102. The SMILES string of the molecule is CC(C)N(Cc1ccccc1)S(=O)(=O)c1ccc(C(=O)Nc2ccccc2Oc2ccccc2)cc1. The summed E-state index contributed by atoms with van der Waals surface area (Å²) in [7, 11) is -3.76. The molecule has 0 fully saturated rings. The topological polar surface area (TPSA) is 75.7 Å². The van der Waals surface area contributed by atoms with Gasteiger partial charge in [0.1, 0.15) is 5.75 Å². The average Bonchev–Trinajstić information content (AvgIpc) is 2.89. The lowest BCUT2D eigenvalue weighted by atomic mass is 10.2. The molecule has 6 nitrogen and oxygen atoms in total. The summed E-state index contributed by atoms with van der Waals surface area (Å²) in [6, 6.07) is 31.6. The molecule has 0 saturated carbocycles. The van der Waals surface area contributed by atoms with Gasteiger partial charge in [0.05, 0.1) is 10.6 Å². The molecule has 0 aromatic heterocycles. The maximum absolute atomic E-state index is 13.4. The number of hydrogen-bond donors (Lipinski definition) is 1. The van der Waals surface area contributed by atoms with Gasteiger partial charge in [0.25, 0.3) is 5.91 Å². The Balaban J connectivity index is 1.51. The van der Waals surface area contributed by atoms with Crippen LogP contribution in [-0.4, -0.2) is 24.7 Å². The molecule has 0 atom stereocenters. The predicted octanol–water partition coefficient (Wildman–Crippen LogP) is 6.33. The van der Waals surface area contributed by atoms with Crippen molar-refractivity contribution in [1.82, 2.24) is 4.31 Å². The van der Waals surface area contributed by atoms with Crippen LogP contribution in [0.1, 0.15) is 29.8 Å². The number of sulfonamides is 1. The lowest BCUT2D eigenvalue weighted by Gasteiger charge is -2.26. The number of hydrogen-bond acceptors (Lipinski definition) is 4. The highest BCUT2D eigenvalue weighted by Gasteiger charge is 2.27. The largest absolute Gasteiger partial charge is 0.455 e. The van der Waals surface area contributed by atoms with Crippen molar-refractivity contribution < 1.29 is 17.9 Å². The lowest BCUT2D eigenvalue weighted by Crippen LogP contribution is -2.36. The first-order chi connectivity index (χ1) is 17.3. The molecule has 4 aromatic rings. The number of nitrogens with one attached hydrogen (secondary N) is 1. The van der Waals surface area contributed by atoms with Crippen LogP contribution in [0.2, 0.25) is 0 Å². The van der Waals surface area contributed by atoms with Crippen LogP contribution in [0.4, 0.5) is 5.69 Å². The molecule has 0 aliphatic rings. The molecule has 0 spiro atoms. The van der Waals surface area contributed by atoms with Crippen LogP contribution in [0.25, 0.3) is 0 Å². The fraction of sp³-hybridized carbons (Fsp3) is 0.138. The summed E-state index contributed by atoms with van der Waals surface area (Å²) in [6.45, 7) is 3.95. The molecule has 4 rings (SSSR count). The second-order valence-corrected chi connectivity index (χ2v) is 10.4. The first kappa shape index (κ1) is 25.2. The maximum Gasteiger partial charge on any atom is 0.255 e. The van der Waals surface area contributed by atoms with Crippen LogP contribution < -0.4 is 10.1 Å². The molecule has 0 aliphatic carbocycles. The number of carbonyl (C=O) groups is 1. The maximum atomic E-state index is 13.4. The van der Waals surface area contributed by atoms with E-state index in [-0.39, 0.29) is 23.4 Å². The summed E-state index contributed by atoms with van der Waals surface area (Å²) in [5.41, 5.74) is 1.75. The number of amides is 1. The third-order valence-electron chi connectivity index (χ3n) is 5.59. The third-order valence-corrected chi connectivity index (χ3v) is 7.62. The van der Waals surface area contributed by atoms with Gasteiger partial charge in [-0.15, -0.1) is 0 Å². The van der Waals surface area contributed by atoms with E-state index in [4.69, 9.17) is 4.74 Å². The molecule has 0 bridgehead atoms. The van der Waals surface area contributed by atoms with E-state index in [2.05, 4.69) is 5.32 Å². The second kappa shape index (κ2) is 11.2. The van der Waals surface area contributed by atoms with Crippen LogP contribution in [0.3, 0.4) is 0 Å². The molecule has 0 radical (unpaired) electrons. The van der Waals surface area contributed by atoms with E-state index in [1.807, 2.05) is 80.6 Å². The second-order valence-electron chi connectivity index (χ2n) is 8.52. The minimum atomic E-state index is -3.76. The van der Waals surface area contributed by atoms with Crippen molar-refractivity contribution in [1.29, 1.82) is 0 Å². The Morgan fingerprint density at radius 3 is 2.03 bits per heavy atom. The van der Waals surface area contributed by atoms with Crippen molar-refractivity contribution in [2.24, 2.45) is 0 Å². The van der Waals surface area contributed by atoms with Crippen LogP contribution >= 0.6 is 0 Å². The van der Waals surface area contributed by atoms with Gasteiger partial charge in [-0.1, -0.05) is 60.7 Å². The predicted molar refractivity (Wildman–Crippen MR) is 142 cm³/mol. The van der Waals surface area contributed by atoms with Crippen molar-refractivity contribution >= 4 is 21.6 Å². The molecule has 1 amide bonds. The fourth-order valence-electron chi connectivity index (χ4n) is 3.69. The fourth-order valence-corrected chi connectivity index (χ4v) is 5.32. The zero-order valence-corrected chi connectivity index (χ0v) is 21.0. The summed E-state index contributed by atoms with van der Waals surface area (Å²) in [5.74, 6) is 0.789. The van der Waals surface area contributed by atoms with E-state index in [1.54, 1.807) is 18.2 Å². The van der Waals surface area contributed by atoms with Gasteiger partial charge in [-0.25, -0.2) is 8.42 Å². The normalized spacial score (nSPS) is 11.4. The Bertz CT molecular complexity index is 1400. The number of carbonyl (C=O) groups excluding carboxylic acids is 1. The van der Waals surface area contributed by atoms with E-state index in [0.717, 1.165) is 5.56 Å². The highest BCUT2D eigenvalue weighted by Crippen LogP contribution is 2.29. The zero-order chi connectivity index (χ0) is 25.5. The average molecular weight is 501 g/mol. The van der Waals surface area contributed by atoms with Gasteiger partial charge in [-0.2, -0.15) is 4.31 Å². The molecule has 0 heterocycles. The van der Waals surface area contributed by atoms with Crippen molar-refractivity contribution in [2.75, 3.05) is 5.32 Å². The number of para-hydroxylation sites is 3. The van der Waals surface area contributed by atoms with Crippen molar-refractivity contribution in [3.05, 3.63) is 120 Å². The molecule has 0 aliphatic heterocycles. The monoisotopic (exact) mass is 500 g/mol. The molecule has 184 valence electrons. The quantitative estimate of drug-likeness (QED) is 0.291. The molecular weight excluding hydrogens is 472 g/mol. The Hall–Kier alpha value is -3.94. The molecule has 0 saturated heterocycles. The van der Waals surface area contributed by atoms with Gasteiger partial charge >= 0.3 is 0 Å². The zero-order valence-electron chi connectivity index (χ0n) is 20.2. The van der Waals surface area contributed by atoms with E-state index in [9.17, 15) is 13.2 Å². The Morgan fingerprint density at radius 1 is 0.806 bits per heavy atom. The molecule has 1 N–H and O–H groups in total. The van der Waals surface area contributed by atoms with E-state index in [1.165, 1.54) is 28.6 Å². The number of rotatable bonds is 9. The van der Waals surface area contributed by atoms with E-state index < -0.39 is 10.0 Å². The first-order valence-electron chi connectivity index (χ1n) is 11.6.